The first-order valence-corrected chi connectivity index (χ1v) is 11.9. The monoisotopic (exact) mass is 443 g/mol. The van der Waals surface area contributed by atoms with Gasteiger partial charge in [-0.2, -0.15) is 4.31 Å². The van der Waals surface area contributed by atoms with Crippen molar-refractivity contribution in [3.8, 4) is 5.75 Å². The van der Waals surface area contributed by atoms with E-state index in [1.165, 1.54) is 4.31 Å². The molecule has 2 aromatic rings. The number of amides is 1. The molecule has 9 heteroatoms. The Labute approximate surface area is 181 Å². The number of fused-ring (bicyclic) bond motifs is 1. The van der Waals surface area contributed by atoms with Gasteiger partial charge in [0.2, 0.25) is 10.0 Å². The maximum Gasteiger partial charge on any atom is 0.255 e. The number of likely N-dealkylation sites (tertiary alicyclic amines) is 1. The number of hydrogen-bond acceptors (Lipinski definition) is 6. The molecule has 2 bridgehead atoms. The first-order chi connectivity index (χ1) is 14.9. The van der Waals surface area contributed by atoms with Gasteiger partial charge in [0, 0.05) is 32.0 Å². The lowest BCUT2D eigenvalue weighted by atomic mass is 9.99. The number of hydrogen-bond donors (Lipinski definition) is 0. The van der Waals surface area contributed by atoms with Crippen LogP contribution in [-0.2, 0) is 21.2 Å². The Morgan fingerprint density at radius 3 is 2.94 bits per heavy atom. The van der Waals surface area contributed by atoms with Crippen LogP contribution >= 0.6 is 0 Å². The van der Waals surface area contributed by atoms with Crippen LogP contribution in [0.3, 0.4) is 0 Å². The van der Waals surface area contributed by atoms with Gasteiger partial charge in [-0.1, -0.05) is 12.1 Å². The first-order valence-electron chi connectivity index (χ1n) is 10.4. The minimum Gasteiger partial charge on any atom is -0.497 e. The fourth-order valence-corrected chi connectivity index (χ4v) is 7.37. The molecule has 3 aliphatic heterocycles. The largest absolute Gasteiger partial charge is 0.497 e. The van der Waals surface area contributed by atoms with Gasteiger partial charge in [-0.25, -0.2) is 8.42 Å². The molecule has 1 amide bonds. The molecule has 3 atom stereocenters. The summed E-state index contributed by atoms with van der Waals surface area (Å²) in [5.41, 5.74) is 0.654. The van der Waals surface area contributed by atoms with Crippen LogP contribution in [0.25, 0.3) is 0 Å². The molecule has 164 valence electrons. The first kappa shape index (κ1) is 20.4. The zero-order valence-electron chi connectivity index (χ0n) is 17.3. The molecule has 3 fully saturated rings. The number of morpholine rings is 1. The molecule has 0 radical (unpaired) electrons. The minimum atomic E-state index is -3.50. The fraction of sp³-hybridized carbons (Fsp3) is 0.455. The van der Waals surface area contributed by atoms with Gasteiger partial charge in [-0.3, -0.25) is 9.78 Å². The molecular weight excluding hydrogens is 418 g/mol. The lowest BCUT2D eigenvalue weighted by molar-refractivity contribution is -0.0976. The van der Waals surface area contributed by atoms with Crippen molar-refractivity contribution in [2.24, 2.45) is 0 Å². The van der Waals surface area contributed by atoms with Crippen molar-refractivity contribution in [1.29, 1.82) is 0 Å². The second kappa shape index (κ2) is 7.58. The van der Waals surface area contributed by atoms with E-state index in [0.717, 1.165) is 11.3 Å². The average molecular weight is 444 g/mol. The Hall–Kier alpha value is -2.49. The number of sulfonamides is 1. The molecule has 5 rings (SSSR count). The molecular formula is C22H25N3O5S. The van der Waals surface area contributed by atoms with Crippen molar-refractivity contribution < 1.29 is 22.7 Å². The molecule has 3 saturated heterocycles. The third-order valence-electron chi connectivity index (χ3n) is 6.49. The van der Waals surface area contributed by atoms with Gasteiger partial charge in [0.05, 0.1) is 25.3 Å². The number of carbonyl (C=O) groups is 1. The van der Waals surface area contributed by atoms with E-state index in [1.54, 1.807) is 36.5 Å². The molecule has 1 aromatic carbocycles. The lowest BCUT2D eigenvalue weighted by Gasteiger charge is -2.39. The Morgan fingerprint density at radius 2 is 2.16 bits per heavy atom. The normalized spacial score (nSPS) is 29.0. The molecule has 4 heterocycles. The number of nitrogens with zero attached hydrogens (tertiary/aromatic N) is 3. The molecule has 0 N–H and O–H groups in total. The van der Waals surface area contributed by atoms with Crippen molar-refractivity contribution in [3.63, 3.8) is 0 Å². The van der Waals surface area contributed by atoms with Crippen molar-refractivity contribution in [2.45, 2.75) is 29.8 Å². The Bertz CT molecular complexity index is 1090. The number of rotatable bonds is 5. The predicted molar refractivity (Wildman–Crippen MR) is 113 cm³/mol. The van der Waals surface area contributed by atoms with E-state index < -0.39 is 20.9 Å². The summed E-state index contributed by atoms with van der Waals surface area (Å²) in [7, 11) is -1.89. The van der Waals surface area contributed by atoms with Crippen LogP contribution in [0.4, 0.5) is 0 Å². The SMILES string of the molecule is COc1cccc(CCN2C[C@@]34CN(C(=O)c5cccnc5)C[C@@H](C[C@@H]3S2(=O)=O)O4)c1. The summed E-state index contributed by atoms with van der Waals surface area (Å²) in [4.78, 5) is 18.7. The third-order valence-corrected chi connectivity index (χ3v) is 8.86. The highest BCUT2D eigenvalue weighted by molar-refractivity contribution is 7.90. The smallest absolute Gasteiger partial charge is 0.255 e. The van der Waals surface area contributed by atoms with Crippen LogP contribution in [0.2, 0.25) is 0 Å². The zero-order valence-corrected chi connectivity index (χ0v) is 18.1. The van der Waals surface area contributed by atoms with Crippen LogP contribution in [0.1, 0.15) is 22.3 Å². The summed E-state index contributed by atoms with van der Waals surface area (Å²) >= 11 is 0. The number of carbonyl (C=O) groups excluding carboxylic acids is 1. The molecule has 0 saturated carbocycles. The average Bonchev–Trinajstić information content (AvgIpc) is 3.16. The van der Waals surface area contributed by atoms with Crippen LogP contribution in [0, 0.1) is 0 Å². The number of benzene rings is 1. The molecule has 8 nitrogen and oxygen atoms in total. The van der Waals surface area contributed by atoms with Gasteiger partial charge >= 0.3 is 0 Å². The van der Waals surface area contributed by atoms with Gasteiger partial charge in [-0.15, -0.1) is 0 Å². The van der Waals surface area contributed by atoms with E-state index in [9.17, 15) is 13.2 Å². The molecule has 1 spiro atoms. The van der Waals surface area contributed by atoms with Gasteiger partial charge in [0.25, 0.3) is 5.91 Å². The second-order valence-corrected chi connectivity index (χ2v) is 10.6. The van der Waals surface area contributed by atoms with E-state index in [1.807, 2.05) is 24.3 Å². The number of aromatic nitrogens is 1. The van der Waals surface area contributed by atoms with Crippen molar-refractivity contribution in [3.05, 3.63) is 59.9 Å². The molecule has 0 unspecified atom stereocenters. The molecule has 1 aromatic heterocycles. The van der Waals surface area contributed by atoms with Gasteiger partial charge < -0.3 is 14.4 Å². The Balaban J connectivity index is 1.34. The second-order valence-electron chi connectivity index (χ2n) is 8.44. The molecule has 0 aliphatic carbocycles. The van der Waals surface area contributed by atoms with E-state index in [4.69, 9.17) is 9.47 Å². The lowest BCUT2D eigenvalue weighted by Crippen LogP contribution is -2.56. The van der Waals surface area contributed by atoms with E-state index >= 15 is 0 Å². The zero-order chi connectivity index (χ0) is 21.6. The number of pyridine rings is 1. The Kier molecular flexibility index (Phi) is 4.99. The highest BCUT2D eigenvalue weighted by Gasteiger charge is 2.65. The van der Waals surface area contributed by atoms with Crippen LogP contribution in [0.5, 0.6) is 5.75 Å². The number of methoxy groups -OCH3 is 1. The molecule has 31 heavy (non-hydrogen) atoms. The summed E-state index contributed by atoms with van der Waals surface area (Å²) in [6, 6.07) is 11.1. The van der Waals surface area contributed by atoms with Crippen LogP contribution in [0.15, 0.2) is 48.8 Å². The van der Waals surface area contributed by atoms with E-state index in [0.29, 0.717) is 31.5 Å². The van der Waals surface area contributed by atoms with E-state index in [2.05, 4.69) is 4.98 Å². The van der Waals surface area contributed by atoms with Crippen molar-refractivity contribution in [2.75, 3.05) is 33.3 Å². The highest BCUT2D eigenvalue weighted by atomic mass is 32.2. The summed E-state index contributed by atoms with van der Waals surface area (Å²) in [6.45, 7) is 1.33. The van der Waals surface area contributed by atoms with Gasteiger partial charge in [0.15, 0.2) is 0 Å². The van der Waals surface area contributed by atoms with Crippen LogP contribution in [-0.4, -0.2) is 78.8 Å². The third kappa shape index (κ3) is 3.50. The van der Waals surface area contributed by atoms with Gasteiger partial charge in [0.1, 0.15) is 16.6 Å². The summed E-state index contributed by atoms with van der Waals surface area (Å²) in [5, 5.41) is -0.609. The standard InChI is InChI=1S/C22H25N3O5S/c1-29-18-6-2-4-16(10-18)7-9-25-15-22-14-24(21(26)17-5-3-8-23-12-17)13-19(30-22)11-20(22)31(25,27)28/h2-6,8,10,12,19-20H,7,9,11,13-15H2,1H3/t19-,20+,22+/m1/s1. The minimum absolute atomic E-state index is 0.131. The summed E-state index contributed by atoms with van der Waals surface area (Å²) in [6.07, 6.45) is 3.92. The maximum absolute atomic E-state index is 13.3. The topological polar surface area (TPSA) is 89.0 Å². The Morgan fingerprint density at radius 1 is 1.29 bits per heavy atom. The van der Waals surface area contributed by atoms with Crippen molar-refractivity contribution in [1.82, 2.24) is 14.2 Å². The quantitative estimate of drug-likeness (QED) is 0.693. The van der Waals surface area contributed by atoms with E-state index in [-0.39, 0.29) is 25.1 Å². The number of ether oxygens (including phenoxy) is 2. The summed E-state index contributed by atoms with van der Waals surface area (Å²) in [5.74, 6) is 0.619. The predicted octanol–water partition coefficient (Wildman–Crippen LogP) is 1.33. The fourth-order valence-electron chi connectivity index (χ4n) is 5.06. The molecule has 3 aliphatic rings. The van der Waals surface area contributed by atoms with Crippen LogP contribution < -0.4 is 4.74 Å². The maximum atomic E-state index is 13.3. The highest BCUT2D eigenvalue weighted by Crippen LogP contribution is 2.46. The summed E-state index contributed by atoms with van der Waals surface area (Å²) < 4.78 is 39.6. The van der Waals surface area contributed by atoms with Crippen molar-refractivity contribution >= 4 is 15.9 Å². The van der Waals surface area contributed by atoms with Gasteiger partial charge in [-0.05, 0) is 42.7 Å².